The molecule has 0 aromatic rings. The van der Waals surface area contributed by atoms with Crippen LogP contribution in [0.3, 0.4) is 0 Å². The maximum Gasteiger partial charge on any atom is 0.409 e. The van der Waals surface area contributed by atoms with Gasteiger partial charge in [-0.3, -0.25) is 9.59 Å². The van der Waals surface area contributed by atoms with E-state index in [2.05, 4.69) is 0 Å². The lowest BCUT2D eigenvalue weighted by Gasteiger charge is -2.31. The maximum absolute atomic E-state index is 11.8. The molecule has 0 aromatic heterocycles. The molecule has 1 unspecified atom stereocenters. The molecule has 1 atom stereocenters. The molecule has 5 nitrogen and oxygen atoms in total. The third kappa shape index (κ3) is 2.18. The van der Waals surface area contributed by atoms with Crippen LogP contribution >= 0.6 is 0 Å². The van der Waals surface area contributed by atoms with Crippen LogP contribution in [0.2, 0.25) is 0 Å². The fourth-order valence-corrected chi connectivity index (χ4v) is 2.84. The second-order valence-corrected chi connectivity index (χ2v) is 4.64. The van der Waals surface area contributed by atoms with Gasteiger partial charge in [-0.1, -0.05) is 0 Å². The zero-order valence-electron chi connectivity index (χ0n) is 9.98. The van der Waals surface area contributed by atoms with Crippen LogP contribution < -0.4 is 0 Å². The van der Waals surface area contributed by atoms with Crippen molar-refractivity contribution in [3.05, 3.63) is 0 Å². The molecule has 0 N–H and O–H groups in total. The maximum atomic E-state index is 11.8. The summed E-state index contributed by atoms with van der Waals surface area (Å²) in [7, 11) is 1.32. The summed E-state index contributed by atoms with van der Waals surface area (Å²) in [5.41, 5.74) is 0. The van der Waals surface area contributed by atoms with E-state index in [9.17, 15) is 14.4 Å². The van der Waals surface area contributed by atoms with Crippen LogP contribution in [0.15, 0.2) is 0 Å². The highest BCUT2D eigenvalue weighted by Crippen LogP contribution is 2.30. The highest BCUT2D eigenvalue weighted by molar-refractivity contribution is 6.05. The Kier molecular flexibility index (Phi) is 3.45. The normalized spacial score (nSPS) is 26.4. The van der Waals surface area contributed by atoms with E-state index >= 15 is 0 Å². The smallest absolute Gasteiger partial charge is 0.409 e. The molecular weight excluding hydrogens is 222 g/mol. The molecule has 1 aliphatic heterocycles. The van der Waals surface area contributed by atoms with Gasteiger partial charge < -0.3 is 9.64 Å². The predicted octanol–water partition coefficient (Wildman–Crippen LogP) is 1.16. The topological polar surface area (TPSA) is 63.7 Å². The van der Waals surface area contributed by atoms with Gasteiger partial charge in [-0.2, -0.15) is 0 Å². The number of carbonyl (C=O) groups excluding carboxylic acids is 3. The van der Waals surface area contributed by atoms with Gasteiger partial charge in [0.25, 0.3) is 0 Å². The van der Waals surface area contributed by atoms with E-state index in [4.69, 9.17) is 4.74 Å². The van der Waals surface area contributed by atoms with Gasteiger partial charge >= 0.3 is 6.09 Å². The van der Waals surface area contributed by atoms with Crippen molar-refractivity contribution in [3.63, 3.8) is 0 Å². The lowest BCUT2D eigenvalue weighted by atomic mass is 9.81. The van der Waals surface area contributed by atoms with E-state index in [0.717, 1.165) is 12.8 Å². The van der Waals surface area contributed by atoms with Crippen LogP contribution in [-0.2, 0) is 14.3 Å². The second-order valence-electron chi connectivity index (χ2n) is 4.64. The van der Waals surface area contributed by atoms with E-state index in [0.29, 0.717) is 25.8 Å². The van der Waals surface area contributed by atoms with Gasteiger partial charge in [0, 0.05) is 19.4 Å². The summed E-state index contributed by atoms with van der Waals surface area (Å²) in [5.74, 6) is -0.630. The first kappa shape index (κ1) is 12.1. The van der Waals surface area contributed by atoms with Crippen LogP contribution in [0.25, 0.3) is 0 Å². The molecule has 0 radical (unpaired) electrons. The number of carbonyl (C=O) groups is 3. The van der Waals surface area contributed by atoms with Crippen molar-refractivity contribution in [1.29, 1.82) is 0 Å². The van der Waals surface area contributed by atoms with Gasteiger partial charge in [0.15, 0.2) is 0 Å². The fraction of sp³-hybridized carbons (Fsp3) is 0.750. The largest absolute Gasteiger partial charge is 0.453 e. The fourth-order valence-electron chi connectivity index (χ4n) is 2.84. The average molecular weight is 239 g/mol. The number of ether oxygens (including phenoxy) is 1. The molecule has 1 saturated carbocycles. The Morgan fingerprint density at radius 3 is 2.47 bits per heavy atom. The SMILES string of the molecule is COC(=O)N1CCCC1C1C(=O)CCCC1=O. The van der Waals surface area contributed by atoms with Crippen LogP contribution in [0.5, 0.6) is 0 Å². The second kappa shape index (κ2) is 4.85. The van der Waals surface area contributed by atoms with E-state index in [1.54, 1.807) is 0 Å². The number of hydrogen-bond acceptors (Lipinski definition) is 4. The van der Waals surface area contributed by atoms with Gasteiger partial charge in [-0.05, 0) is 19.3 Å². The first-order valence-corrected chi connectivity index (χ1v) is 6.05. The number of amides is 1. The number of likely N-dealkylation sites (tertiary alicyclic amines) is 1. The van der Waals surface area contributed by atoms with E-state index in [1.807, 2.05) is 0 Å². The molecule has 94 valence electrons. The number of Topliss-reactive ketones (excluding diaryl/α,β-unsaturated/α-hetero) is 2. The highest BCUT2D eigenvalue weighted by Gasteiger charge is 2.43. The van der Waals surface area contributed by atoms with Crippen LogP contribution in [0, 0.1) is 5.92 Å². The minimum atomic E-state index is -0.606. The Morgan fingerprint density at radius 2 is 1.88 bits per heavy atom. The van der Waals surface area contributed by atoms with Gasteiger partial charge in [0.2, 0.25) is 0 Å². The van der Waals surface area contributed by atoms with Gasteiger partial charge in [-0.25, -0.2) is 4.79 Å². The molecule has 0 aromatic carbocycles. The molecule has 2 fully saturated rings. The molecular formula is C12H17NO4. The first-order chi connectivity index (χ1) is 8.15. The van der Waals surface area contributed by atoms with E-state index < -0.39 is 12.0 Å². The van der Waals surface area contributed by atoms with Crippen molar-refractivity contribution in [2.75, 3.05) is 13.7 Å². The van der Waals surface area contributed by atoms with Crippen LogP contribution in [-0.4, -0.2) is 42.3 Å². The summed E-state index contributed by atoms with van der Waals surface area (Å²) in [6.07, 6.45) is 2.69. The minimum absolute atomic E-state index is 0.0120. The van der Waals surface area contributed by atoms with Crippen molar-refractivity contribution >= 4 is 17.7 Å². The van der Waals surface area contributed by atoms with Crippen molar-refractivity contribution in [2.24, 2.45) is 5.92 Å². The minimum Gasteiger partial charge on any atom is -0.453 e. The Morgan fingerprint density at radius 1 is 1.24 bits per heavy atom. The first-order valence-electron chi connectivity index (χ1n) is 6.05. The Bertz CT molecular complexity index is 336. The van der Waals surface area contributed by atoms with Gasteiger partial charge in [-0.15, -0.1) is 0 Å². The van der Waals surface area contributed by atoms with E-state index in [1.165, 1.54) is 12.0 Å². The van der Waals surface area contributed by atoms with Crippen molar-refractivity contribution < 1.29 is 19.1 Å². The van der Waals surface area contributed by atoms with Crippen molar-refractivity contribution in [2.45, 2.75) is 38.1 Å². The Balaban J connectivity index is 2.16. The number of methoxy groups -OCH3 is 1. The summed E-state index contributed by atoms with van der Waals surface area (Å²) < 4.78 is 4.69. The van der Waals surface area contributed by atoms with Gasteiger partial charge in [0.05, 0.1) is 19.1 Å². The van der Waals surface area contributed by atoms with Crippen LogP contribution in [0.4, 0.5) is 4.79 Å². The Hall–Kier alpha value is -1.39. The zero-order chi connectivity index (χ0) is 12.4. The van der Waals surface area contributed by atoms with Gasteiger partial charge in [0.1, 0.15) is 11.6 Å². The summed E-state index contributed by atoms with van der Waals surface area (Å²) in [4.78, 5) is 36.8. The molecule has 17 heavy (non-hydrogen) atoms. The number of ketones is 2. The molecule has 1 heterocycles. The lowest BCUT2D eigenvalue weighted by Crippen LogP contribution is -2.47. The number of rotatable bonds is 1. The van der Waals surface area contributed by atoms with Crippen molar-refractivity contribution in [1.82, 2.24) is 4.90 Å². The molecule has 0 bridgehead atoms. The average Bonchev–Trinajstić information content (AvgIpc) is 2.77. The monoisotopic (exact) mass is 239 g/mol. The Labute approximate surface area is 100 Å². The molecule has 1 aliphatic carbocycles. The molecule has 1 amide bonds. The summed E-state index contributed by atoms with van der Waals surface area (Å²) in [5, 5.41) is 0. The van der Waals surface area contributed by atoms with Crippen LogP contribution in [0.1, 0.15) is 32.1 Å². The highest BCUT2D eigenvalue weighted by atomic mass is 16.5. The molecule has 5 heteroatoms. The number of hydrogen-bond donors (Lipinski definition) is 0. The third-order valence-corrected chi connectivity index (χ3v) is 3.63. The molecule has 1 saturated heterocycles. The summed E-state index contributed by atoms with van der Waals surface area (Å²) in [6, 6.07) is -0.275. The zero-order valence-corrected chi connectivity index (χ0v) is 9.98. The lowest BCUT2D eigenvalue weighted by molar-refractivity contribution is -0.137. The summed E-state index contributed by atoms with van der Waals surface area (Å²) >= 11 is 0. The van der Waals surface area contributed by atoms with E-state index in [-0.39, 0.29) is 17.6 Å². The molecule has 2 aliphatic rings. The molecule has 2 rings (SSSR count). The third-order valence-electron chi connectivity index (χ3n) is 3.63. The molecule has 0 spiro atoms. The standard InChI is InChI=1S/C12H17NO4/c1-17-12(16)13-7-3-4-8(13)11-9(14)5-2-6-10(11)15/h8,11H,2-7H2,1H3. The number of nitrogens with zero attached hydrogens (tertiary/aromatic N) is 1. The summed E-state index contributed by atoms with van der Waals surface area (Å²) in [6.45, 7) is 0.578. The quantitative estimate of drug-likeness (QED) is 0.644. The van der Waals surface area contributed by atoms with Crippen molar-refractivity contribution in [3.8, 4) is 0 Å². The predicted molar refractivity (Wildman–Crippen MR) is 59.5 cm³/mol.